The lowest BCUT2D eigenvalue weighted by Gasteiger charge is -2.15. The molecule has 0 bridgehead atoms. The van der Waals surface area contributed by atoms with Crippen LogP contribution in [-0.4, -0.2) is 31.7 Å². The Morgan fingerprint density at radius 3 is 2.29 bits per heavy atom. The van der Waals surface area contributed by atoms with Gasteiger partial charge >= 0.3 is 0 Å². The quantitative estimate of drug-likeness (QED) is 0.690. The molecule has 1 aromatic carbocycles. The van der Waals surface area contributed by atoms with Crippen LogP contribution in [0.1, 0.15) is 22.5 Å². The zero-order valence-electron chi connectivity index (χ0n) is 12.5. The van der Waals surface area contributed by atoms with Gasteiger partial charge in [0.25, 0.3) is 5.91 Å². The van der Waals surface area contributed by atoms with Gasteiger partial charge in [-0.05, 0) is 75.0 Å². The molecule has 1 N–H and O–H groups in total. The van der Waals surface area contributed by atoms with Crippen molar-refractivity contribution in [1.29, 1.82) is 0 Å². The van der Waals surface area contributed by atoms with E-state index >= 15 is 0 Å². The monoisotopic (exact) mass is 492 g/mol. The minimum absolute atomic E-state index is 0.235. The van der Waals surface area contributed by atoms with Crippen LogP contribution in [0.5, 0.6) is 0 Å². The van der Waals surface area contributed by atoms with Crippen LogP contribution in [0.4, 0.5) is 5.69 Å². The number of sulfonamides is 1. The van der Waals surface area contributed by atoms with E-state index in [1.54, 1.807) is 18.2 Å². The average molecular weight is 494 g/mol. The van der Waals surface area contributed by atoms with Gasteiger partial charge in [0.15, 0.2) is 0 Å². The summed E-state index contributed by atoms with van der Waals surface area (Å²) in [6.45, 7) is 1.14. The summed E-state index contributed by atoms with van der Waals surface area (Å²) in [6.07, 6.45) is 1.80. The Kier molecular flexibility index (Phi) is 5.45. The highest BCUT2D eigenvalue weighted by Gasteiger charge is 2.27. The first-order valence-electron chi connectivity index (χ1n) is 7.24. The fourth-order valence-corrected chi connectivity index (χ4v) is 5.89. The summed E-state index contributed by atoms with van der Waals surface area (Å²) >= 11 is 8.02. The van der Waals surface area contributed by atoms with Crippen molar-refractivity contribution in [1.82, 2.24) is 4.31 Å². The van der Waals surface area contributed by atoms with Crippen LogP contribution < -0.4 is 5.32 Å². The lowest BCUT2D eigenvalue weighted by molar-refractivity contribution is 0.103. The van der Waals surface area contributed by atoms with Gasteiger partial charge < -0.3 is 5.32 Å². The van der Waals surface area contributed by atoms with Crippen molar-refractivity contribution in [3.8, 4) is 0 Å². The third kappa shape index (κ3) is 3.75. The van der Waals surface area contributed by atoms with Gasteiger partial charge in [-0.3, -0.25) is 4.79 Å². The van der Waals surface area contributed by atoms with E-state index in [1.807, 2.05) is 0 Å². The molecule has 2 heterocycles. The molecule has 0 saturated carbocycles. The first kappa shape index (κ1) is 18.1. The van der Waals surface area contributed by atoms with Crippen molar-refractivity contribution in [3.63, 3.8) is 0 Å². The molecule has 0 unspecified atom stereocenters. The number of nitrogens with zero attached hydrogens (tertiary/aromatic N) is 1. The largest absolute Gasteiger partial charge is 0.321 e. The number of hydrogen-bond donors (Lipinski definition) is 1. The number of carbonyl (C=O) groups excluding carboxylic acids is 1. The van der Waals surface area contributed by atoms with Crippen LogP contribution >= 0.6 is 43.2 Å². The molecule has 24 heavy (non-hydrogen) atoms. The average Bonchev–Trinajstić information content (AvgIpc) is 3.19. The fraction of sp³-hybridized carbons (Fsp3) is 0.267. The number of hydrogen-bond acceptors (Lipinski definition) is 4. The zero-order valence-corrected chi connectivity index (χ0v) is 17.3. The van der Waals surface area contributed by atoms with E-state index in [0.717, 1.165) is 21.1 Å². The van der Waals surface area contributed by atoms with Gasteiger partial charge in [0.05, 0.1) is 13.6 Å². The normalized spacial score (nSPS) is 15.6. The Bertz CT molecular complexity index is 838. The molecule has 1 aromatic heterocycles. The molecule has 5 nitrogen and oxygen atoms in total. The van der Waals surface area contributed by atoms with Gasteiger partial charge in [0, 0.05) is 23.2 Å². The lowest BCUT2D eigenvalue weighted by Crippen LogP contribution is -2.27. The van der Waals surface area contributed by atoms with E-state index in [2.05, 4.69) is 37.2 Å². The van der Waals surface area contributed by atoms with Crippen molar-refractivity contribution in [2.75, 3.05) is 18.4 Å². The maximum Gasteiger partial charge on any atom is 0.265 e. The second-order valence-electron chi connectivity index (χ2n) is 5.32. The Morgan fingerprint density at radius 1 is 1.12 bits per heavy atom. The summed E-state index contributed by atoms with van der Waals surface area (Å²) in [5, 5.41) is 2.77. The zero-order chi connectivity index (χ0) is 17.3. The van der Waals surface area contributed by atoms with Crippen LogP contribution in [0.15, 0.2) is 43.5 Å². The predicted molar refractivity (Wildman–Crippen MR) is 102 cm³/mol. The number of halogens is 2. The molecule has 0 atom stereocenters. The number of thiophene rings is 1. The highest BCUT2D eigenvalue weighted by molar-refractivity contribution is 9.13. The Hall–Kier alpha value is -0.740. The van der Waals surface area contributed by atoms with E-state index in [4.69, 9.17) is 0 Å². The number of amides is 1. The van der Waals surface area contributed by atoms with E-state index in [1.165, 1.54) is 27.8 Å². The minimum atomic E-state index is -3.43. The maximum absolute atomic E-state index is 12.5. The molecular formula is C15H14Br2N2O3S2. The van der Waals surface area contributed by atoms with Gasteiger partial charge in [-0.15, -0.1) is 11.3 Å². The molecule has 0 radical (unpaired) electrons. The van der Waals surface area contributed by atoms with Crippen molar-refractivity contribution in [3.05, 3.63) is 43.5 Å². The minimum Gasteiger partial charge on any atom is -0.321 e. The first-order valence-corrected chi connectivity index (χ1v) is 11.1. The van der Waals surface area contributed by atoms with Crippen LogP contribution in [0.3, 0.4) is 0 Å². The van der Waals surface area contributed by atoms with Gasteiger partial charge in [-0.2, -0.15) is 4.31 Å². The maximum atomic E-state index is 12.5. The Morgan fingerprint density at radius 2 is 1.75 bits per heavy atom. The van der Waals surface area contributed by atoms with Crippen LogP contribution in [0, 0.1) is 0 Å². The smallest absolute Gasteiger partial charge is 0.265 e. The summed E-state index contributed by atoms with van der Waals surface area (Å²) in [4.78, 5) is 13.0. The molecule has 1 amide bonds. The topological polar surface area (TPSA) is 66.5 Å². The van der Waals surface area contributed by atoms with Crippen LogP contribution in [0.2, 0.25) is 0 Å². The van der Waals surface area contributed by atoms with Crippen molar-refractivity contribution in [2.24, 2.45) is 0 Å². The summed E-state index contributed by atoms with van der Waals surface area (Å²) in [7, 11) is -3.43. The molecule has 0 aliphatic carbocycles. The van der Waals surface area contributed by atoms with Gasteiger partial charge in [-0.25, -0.2) is 8.42 Å². The van der Waals surface area contributed by atoms with Crippen molar-refractivity contribution < 1.29 is 13.2 Å². The molecule has 1 fully saturated rings. The van der Waals surface area contributed by atoms with Gasteiger partial charge in [0.2, 0.25) is 10.0 Å². The van der Waals surface area contributed by atoms with Crippen LogP contribution in [0.25, 0.3) is 0 Å². The summed E-state index contributed by atoms with van der Waals surface area (Å²) < 4.78 is 28.1. The van der Waals surface area contributed by atoms with E-state index in [0.29, 0.717) is 23.7 Å². The highest BCUT2D eigenvalue weighted by atomic mass is 79.9. The number of rotatable bonds is 4. The number of nitrogens with one attached hydrogen (secondary N) is 1. The SMILES string of the molecule is O=C(Nc1ccc(S(=O)(=O)N2CCCC2)cc1)c1cc(Br)c(Br)s1. The molecule has 3 rings (SSSR count). The fourth-order valence-electron chi connectivity index (χ4n) is 2.44. The summed E-state index contributed by atoms with van der Waals surface area (Å²) in [5.41, 5.74) is 0.556. The molecule has 128 valence electrons. The Balaban J connectivity index is 1.73. The second kappa shape index (κ2) is 7.25. The van der Waals surface area contributed by atoms with Crippen LogP contribution in [-0.2, 0) is 10.0 Å². The van der Waals surface area contributed by atoms with E-state index < -0.39 is 10.0 Å². The summed E-state index contributed by atoms with van der Waals surface area (Å²) in [5.74, 6) is -0.235. The molecule has 1 aliphatic heterocycles. The number of carbonyl (C=O) groups is 1. The van der Waals surface area contributed by atoms with E-state index in [-0.39, 0.29) is 10.8 Å². The molecule has 2 aromatic rings. The molecule has 0 spiro atoms. The van der Waals surface area contributed by atoms with Crippen molar-refractivity contribution >= 4 is 64.8 Å². The van der Waals surface area contributed by atoms with E-state index in [9.17, 15) is 13.2 Å². The van der Waals surface area contributed by atoms with Crippen molar-refractivity contribution in [2.45, 2.75) is 17.7 Å². The number of anilines is 1. The molecule has 1 aliphatic rings. The lowest BCUT2D eigenvalue weighted by atomic mass is 10.3. The second-order valence-corrected chi connectivity index (χ2v) is 10.5. The predicted octanol–water partition coefficient (Wildman–Crippen LogP) is 4.31. The third-order valence-corrected chi connectivity index (χ3v) is 8.85. The summed E-state index contributed by atoms with van der Waals surface area (Å²) in [6, 6.07) is 8.01. The Labute approximate surface area is 161 Å². The highest BCUT2D eigenvalue weighted by Crippen LogP contribution is 2.32. The molecular weight excluding hydrogens is 480 g/mol. The van der Waals surface area contributed by atoms with Gasteiger partial charge in [0.1, 0.15) is 0 Å². The molecule has 9 heteroatoms. The third-order valence-electron chi connectivity index (χ3n) is 3.68. The standard InChI is InChI=1S/C15H14Br2N2O3S2/c16-12-9-13(23-14(12)17)15(20)18-10-3-5-11(6-4-10)24(21,22)19-7-1-2-8-19/h3-6,9H,1-2,7-8H2,(H,18,20). The molecule has 1 saturated heterocycles. The first-order chi connectivity index (χ1) is 11.4. The van der Waals surface area contributed by atoms with Gasteiger partial charge in [-0.1, -0.05) is 0 Å². The number of benzene rings is 1.